The third kappa shape index (κ3) is 0.886. The highest BCUT2D eigenvalue weighted by Crippen LogP contribution is 2.36. The normalized spacial score (nSPS) is 22.5. The molecule has 0 aliphatic carbocycles. The van der Waals surface area contributed by atoms with Crippen LogP contribution in [0.25, 0.3) is 0 Å². The Kier molecular flexibility index (Phi) is 1.25. The Labute approximate surface area is 77.1 Å². The standard InChI is InChI=1S/C11H10N2/c1-2-6-10-9(5-1)11-7-3-4-8-13(11)12-10/h1-8,11-12H. The first-order valence-electron chi connectivity index (χ1n) is 4.44. The molecule has 2 aliphatic heterocycles. The Hall–Kier alpha value is -1.70. The fraction of sp³-hybridized carbons (Fsp3) is 0.0909. The van der Waals surface area contributed by atoms with Crippen LogP contribution in [0.1, 0.15) is 11.6 Å². The van der Waals surface area contributed by atoms with Gasteiger partial charge in [-0.25, -0.2) is 0 Å². The molecular weight excluding hydrogens is 160 g/mol. The molecule has 2 aliphatic rings. The molecular formula is C11H10N2. The summed E-state index contributed by atoms with van der Waals surface area (Å²) in [5, 5.41) is 2.12. The van der Waals surface area contributed by atoms with Crippen LogP contribution in [0, 0.1) is 0 Å². The van der Waals surface area contributed by atoms with Gasteiger partial charge in [-0.15, -0.1) is 0 Å². The zero-order chi connectivity index (χ0) is 8.67. The van der Waals surface area contributed by atoms with Crippen molar-refractivity contribution in [1.82, 2.24) is 5.01 Å². The minimum Gasteiger partial charge on any atom is -0.298 e. The van der Waals surface area contributed by atoms with Crippen LogP contribution in [-0.4, -0.2) is 5.01 Å². The van der Waals surface area contributed by atoms with E-state index >= 15 is 0 Å². The van der Waals surface area contributed by atoms with Crippen LogP contribution in [0.4, 0.5) is 5.69 Å². The van der Waals surface area contributed by atoms with Crippen molar-refractivity contribution >= 4 is 5.69 Å². The molecule has 0 saturated heterocycles. The maximum absolute atomic E-state index is 3.33. The molecule has 0 amide bonds. The van der Waals surface area contributed by atoms with Gasteiger partial charge in [0.2, 0.25) is 0 Å². The van der Waals surface area contributed by atoms with Crippen molar-refractivity contribution in [3.8, 4) is 0 Å². The second-order valence-corrected chi connectivity index (χ2v) is 3.28. The van der Waals surface area contributed by atoms with E-state index in [1.807, 2.05) is 6.08 Å². The van der Waals surface area contributed by atoms with Gasteiger partial charge in [-0.2, -0.15) is 0 Å². The Morgan fingerprint density at radius 3 is 3.08 bits per heavy atom. The van der Waals surface area contributed by atoms with Gasteiger partial charge in [-0.05, 0) is 12.1 Å². The van der Waals surface area contributed by atoms with Crippen molar-refractivity contribution in [2.75, 3.05) is 5.43 Å². The van der Waals surface area contributed by atoms with Gasteiger partial charge in [0.05, 0.1) is 11.7 Å². The summed E-state index contributed by atoms with van der Waals surface area (Å²) >= 11 is 0. The molecule has 0 bridgehead atoms. The molecule has 13 heavy (non-hydrogen) atoms. The molecule has 1 N–H and O–H groups in total. The fourth-order valence-corrected chi connectivity index (χ4v) is 1.85. The number of hydrogen-bond donors (Lipinski definition) is 1. The Morgan fingerprint density at radius 1 is 1.15 bits per heavy atom. The highest BCUT2D eigenvalue weighted by molar-refractivity contribution is 5.58. The molecule has 0 saturated carbocycles. The first-order chi connectivity index (χ1) is 6.45. The van der Waals surface area contributed by atoms with E-state index in [1.165, 1.54) is 11.3 Å². The number of hydrogen-bond acceptors (Lipinski definition) is 2. The molecule has 2 nitrogen and oxygen atoms in total. The smallest absolute Gasteiger partial charge is 0.0951 e. The number of para-hydroxylation sites is 1. The molecule has 1 aromatic carbocycles. The second kappa shape index (κ2) is 2.39. The zero-order valence-electron chi connectivity index (χ0n) is 7.14. The quantitative estimate of drug-likeness (QED) is 0.643. The van der Waals surface area contributed by atoms with E-state index in [9.17, 15) is 0 Å². The summed E-state index contributed by atoms with van der Waals surface area (Å²) in [5.41, 5.74) is 5.89. The second-order valence-electron chi connectivity index (χ2n) is 3.28. The van der Waals surface area contributed by atoms with E-state index in [4.69, 9.17) is 0 Å². The molecule has 2 heteroatoms. The summed E-state index contributed by atoms with van der Waals surface area (Å²) in [6.45, 7) is 0. The van der Waals surface area contributed by atoms with Crippen LogP contribution in [0.5, 0.6) is 0 Å². The van der Waals surface area contributed by atoms with Crippen LogP contribution in [0.2, 0.25) is 0 Å². The molecule has 3 rings (SSSR count). The van der Waals surface area contributed by atoms with Crippen molar-refractivity contribution in [3.63, 3.8) is 0 Å². The van der Waals surface area contributed by atoms with Gasteiger partial charge in [-0.1, -0.05) is 30.4 Å². The van der Waals surface area contributed by atoms with Crippen molar-refractivity contribution in [2.45, 2.75) is 6.04 Å². The topological polar surface area (TPSA) is 15.3 Å². The SMILES string of the molecule is C1=CC2c3ccccc3NN2C=C1. The van der Waals surface area contributed by atoms with E-state index in [0.717, 1.165) is 0 Å². The van der Waals surface area contributed by atoms with Crippen molar-refractivity contribution in [1.29, 1.82) is 0 Å². The van der Waals surface area contributed by atoms with E-state index < -0.39 is 0 Å². The number of hydrazine groups is 1. The molecule has 1 aromatic rings. The first-order valence-corrected chi connectivity index (χ1v) is 4.44. The predicted molar refractivity (Wildman–Crippen MR) is 52.9 cm³/mol. The van der Waals surface area contributed by atoms with Crippen LogP contribution < -0.4 is 5.43 Å². The summed E-state index contributed by atoms with van der Waals surface area (Å²) in [7, 11) is 0. The Bertz CT molecular complexity index is 393. The number of rotatable bonds is 0. The summed E-state index contributed by atoms with van der Waals surface area (Å²) in [6, 6.07) is 8.78. The summed E-state index contributed by atoms with van der Waals surface area (Å²) in [6.07, 6.45) is 8.38. The van der Waals surface area contributed by atoms with Crippen molar-refractivity contribution in [3.05, 3.63) is 54.3 Å². The highest BCUT2D eigenvalue weighted by atomic mass is 15.5. The molecule has 0 radical (unpaired) electrons. The average molecular weight is 170 g/mol. The van der Waals surface area contributed by atoms with Crippen LogP contribution in [0.3, 0.4) is 0 Å². The summed E-state index contributed by atoms with van der Waals surface area (Å²) < 4.78 is 0. The van der Waals surface area contributed by atoms with Crippen molar-refractivity contribution < 1.29 is 0 Å². The van der Waals surface area contributed by atoms with Crippen LogP contribution in [0.15, 0.2) is 48.7 Å². The largest absolute Gasteiger partial charge is 0.298 e. The summed E-state index contributed by atoms with van der Waals surface area (Å²) in [4.78, 5) is 0. The minimum absolute atomic E-state index is 0.376. The van der Waals surface area contributed by atoms with Crippen molar-refractivity contribution in [2.24, 2.45) is 0 Å². The lowest BCUT2D eigenvalue weighted by Gasteiger charge is -2.22. The third-order valence-electron chi connectivity index (χ3n) is 2.48. The molecule has 0 fully saturated rings. The predicted octanol–water partition coefficient (Wildman–Crippen LogP) is 2.45. The fourth-order valence-electron chi connectivity index (χ4n) is 1.85. The molecule has 0 spiro atoms. The van der Waals surface area contributed by atoms with Crippen LogP contribution in [-0.2, 0) is 0 Å². The Morgan fingerprint density at radius 2 is 2.08 bits per heavy atom. The molecule has 1 unspecified atom stereocenters. The summed E-state index contributed by atoms with van der Waals surface area (Å²) in [5.74, 6) is 0. The van der Waals surface area contributed by atoms with Gasteiger partial charge in [0.25, 0.3) is 0 Å². The van der Waals surface area contributed by atoms with Gasteiger partial charge in [0.15, 0.2) is 0 Å². The van der Waals surface area contributed by atoms with Gasteiger partial charge < -0.3 is 0 Å². The monoisotopic (exact) mass is 170 g/mol. The van der Waals surface area contributed by atoms with Gasteiger partial charge in [0, 0.05) is 11.8 Å². The Balaban J connectivity index is 2.12. The van der Waals surface area contributed by atoms with Gasteiger partial charge >= 0.3 is 0 Å². The molecule has 64 valence electrons. The third-order valence-corrected chi connectivity index (χ3v) is 2.48. The number of nitrogens with one attached hydrogen (secondary N) is 1. The zero-order valence-corrected chi connectivity index (χ0v) is 7.14. The maximum atomic E-state index is 3.33. The van der Waals surface area contributed by atoms with Crippen LogP contribution >= 0.6 is 0 Å². The lowest BCUT2D eigenvalue weighted by atomic mass is 10.1. The lowest BCUT2D eigenvalue weighted by molar-refractivity contribution is 0.412. The van der Waals surface area contributed by atoms with E-state index in [2.05, 4.69) is 53.1 Å². The number of nitrogens with zero attached hydrogens (tertiary/aromatic N) is 1. The first kappa shape index (κ1) is 6.78. The molecule has 2 heterocycles. The number of fused-ring (bicyclic) bond motifs is 3. The lowest BCUT2D eigenvalue weighted by Crippen LogP contribution is -2.21. The maximum Gasteiger partial charge on any atom is 0.0951 e. The van der Waals surface area contributed by atoms with E-state index in [1.54, 1.807) is 0 Å². The van der Waals surface area contributed by atoms with Gasteiger partial charge in [0.1, 0.15) is 0 Å². The molecule has 0 aromatic heterocycles. The molecule has 1 atom stereocenters. The van der Waals surface area contributed by atoms with E-state index in [-0.39, 0.29) is 0 Å². The number of anilines is 1. The number of benzene rings is 1. The minimum atomic E-state index is 0.376. The van der Waals surface area contributed by atoms with E-state index in [0.29, 0.717) is 6.04 Å². The number of allylic oxidation sites excluding steroid dienone is 2. The average Bonchev–Trinajstić information content (AvgIpc) is 2.56. The van der Waals surface area contributed by atoms with Gasteiger partial charge in [-0.3, -0.25) is 10.4 Å². The highest BCUT2D eigenvalue weighted by Gasteiger charge is 2.25.